The zero-order valence-corrected chi connectivity index (χ0v) is 10.4. The molecule has 0 unspecified atom stereocenters. The Kier molecular flexibility index (Phi) is 5.90. The Balaban J connectivity index is 2.55. The minimum atomic E-state index is -0.419. The summed E-state index contributed by atoms with van der Waals surface area (Å²) in [5, 5.41) is 14.3. The first-order chi connectivity index (χ1) is 8.15. The predicted molar refractivity (Wildman–Crippen MR) is 66.3 cm³/mol. The lowest BCUT2D eigenvalue weighted by Crippen LogP contribution is -2.16. The first-order valence-electron chi connectivity index (χ1n) is 5.27. The van der Waals surface area contributed by atoms with Gasteiger partial charge in [0.05, 0.1) is 4.92 Å². The molecule has 94 valence electrons. The van der Waals surface area contributed by atoms with Crippen LogP contribution in [0.25, 0.3) is 0 Å². The van der Waals surface area contributed by atoms with Gasteiger partial charge < -0.3 is 10.1 Å². The lowest BCUT2D eigenvalue weighted by atomic mass is 10.2. The van der Waals surface area contributed by atoms with Gasteiger partial charge in [0.15, 0.2) is 0 Å². The van der Waals surface area contributed by atoms with Crippen molar-refractivity contribution in [2.24, 2.45) is 0 Å². The third kappa shape index (κ3) is 4.68. The summed E-state index contributed by atoms with van der Waals surface area (Å²) >= 11 is 5.72. The van der Waals surface area contributed by atoms with Gasteiger partial charge in [-0.3, -0.25) is 10.1 Å². The Bertz CT molecular complexity index is 385. The van der Waals surface area contributed by atoms with E-state index in [-0.39, 0.29) is 5.69 Å². The highest BCUT2D eigenvalue weighted by molar-refractivity contribution is 6.30. The van der Waals surface area contributed by atoms with Crippen molar-refractivity contribution in [1.82, 2.24) is 5.32 Å². The Morgan fingerprint density at radius 3 is 2.94 bits per heavy atom. The van der Waals surface area contributed by atoms with E-state index >= 15 is 0 Å². The van der Waals surface area contributed by atoms with Gasteiger partial charge >= 0.3 is 0 Å². The number of hydrogen-bond donors (Lipinski definition) is 1. The summed E-state index contributed by atoms with van der Waals surface area (Å²) in [4.78, 5) is 10.4. The number of rotatable bonds is 7. The standard InChI is InChI=1S/C11H15ClN2O3/c1-17-6-2-5-13-8-9-3-4-10(12)7-11(9)14(15)16/h3-4,7,13H,2,5-6,8H2,1H3. The summed E-state index contributed by atoms with van der Waals surface area (Å²) in [6.07, 6.45) is 0.873. The Hall–Kier alpha value is -1.17. The van der Waals surface area contributed by atoms with Gasteiger partial charge in [0.2, 0.25) is 0 Å². The van der Waals surface area contributed by atoms with Crippen molar-refractivity contribution in [3.05, 3.63) is 38.9 Å². The quantitative estimate of drug-likeness (QED) is 0.463. The third-order valence-electron chi connectivity index (χ3n) is 2.26. The zero-order chi connectivity index (χ0) is 12.7. The Labute approximate surface area is 105 Å². The van der Waals surface area contributed by atoms with Crippen LogP contribution in [0.15, 0.2) is 18.2 Å². The number of hydrogen-bond acceptors (Lipinski definition) is 4. The molecule has 0 bridgehead atoms. The van der Waals surface area contributed by atoms with E-state index in [1.54, 1.807) is 19.2 Å². The number of nitrogens with zero attached hydrogens (tertiary/aromatic N) is 1. The molecule has 0 amide bonds. The van der Waals surface area contributed by atoms with Crippen molar-refractivity contribution in [2.45, 2.75) is 13.0 Å². The summed E-state index contributed by atoms with van der Waals surface area (Å²) in [6.45, 7) is 1.89. The number of nitro benzene ring substituents is 1. The maximum atomic E-state index is 10.8. The molecule has 0 heterocycles. The molecule has 1 rings (SSSR count). The third-order valence-corrected chi connectivity index (χ3v) is 2.50. The first kappa shape index (κ1) is 13.9. The van der Waals surface area contributed by atoms with Crippen LogP contribution in [-0.2, 0) is 11.3 Å². The van der Waals surface area contributed by atoms with Crippen molar-refractivity contribution < 1.29 is 9.66 Å². The smallest absolute Gasteiger partial charge is 0.275 e. The number of halogens is 1. The van der Waals surface area contributed by atoms with E-state index < -0.39 is 4.92 Å². The maximum absolute atomic E-state index is 10.8. The van der Waals surface area contributed by atoms with Crippen molar-refractivity contribution in [3.63, 3.8) is 0 Å². The first-order valence-corrected chi connectivity index (χ1v) is 5.65. The molecule has 0 atom stereocenters. The highest BCUT2D eigenvalue weighted by atomic mass is 35.5. The molecule has 5 nitrogen and oxygen atoms in total. The van der Waals surface area contributed by atoms with E-state index in [0.717, 1.165) is 13.0 Å². The molecular weight excluding hydrogens is 244 g/mol. The Morgan fingerprint density at radius 2 is 2.29 bits per heavy atom. The molecule has 0 aliphatic heterocycles. The number of methoxy groups -OCH3 is 1. The van der Waals surface area contributed by atoms with Crippen LogP contribution in [0.5, 0.6) is 0 Å². The molecule has 0 radical (unpaired) electrons. The minimum Gasteiger partial charge on any atom is -0.385 e. The van der Waals surface area contributed by atoms with E-state index in [2.05, 4.69) is 5.32 Å². The lowest BCUT2D eigenvalue weighted by Gasteiger charge is -2.05. The maximum Gasteiger partial charge on any atom is 0.275 e. The summed E-state index contributed by atoms with van der Waals surface area (Å²) in [6, 6.07) is 4.69. The summed E-state index contributed by atoms with van der Waals surface area (Å²) in [7, 11) is 1.64. The molecule has 0 fully saturated rings. The number of nitrogens with one attached hydrogen (secondary N) is 1. The molecule has 17 heavy (non-hydrogen) atoms. The van der Waals surface area contributed by atoms with E-state index in [1.165, 1.54) is 6.07 Å². The van der Waals surface area contributed by atoms with Crippen molar-refractivity contribution in [3.8, 4) is 0 Å². The van der Waals surface area contributed by atoms with Crippen molar-refractivity contribution in [1.29, 1.82) is 0 Å². The number of ether oxygens (including phenoxy) is 1. The van der Waals surface area contributed by atoms with Crippen LogP contribution in [0.4, 0.5) is 5.69 Å². The normalized spacial score (nSPS) is 10.5. The molecule has 0 aromatic heterocycles. The molecular formula is C11H15ClN2O3. The van der Waals surface area contributed by atoms with Crippen LogP contribution >= 0.6 is 11.6 Å². The van der Waals surface area contributed by atoms with E-state index in [4.69, 9.17) is 16.3 Å². The van der Waals surface area contributed by atoms with Gasteiger partial charge in [-0.2, -0.15) is 0 Å². The number of nitro groups is 1. The van der Waals surface area contributed by atoms with Crippen LogP contribution in [0.1, 0.15) is 12.0 Å². The predicted octanol–water partition coefficient (Wildman–Crippen LogP) is 2.37. The van der Waals surface area contributed by atoms with Gasteiger partial charge in [-0.1, -0.05) is 11.6 Å². The van der Waals surface area contributed by atoms with Gasteiger partial charge in [-0.15, -0.1) is 0 Å². The molecule has 1 aromatic carbocycles. The van der Waals surface area contributed by atoms with Crippen LogP contribution in [-0.4, -0.2) is 25.2 Å². The fourth-order valence-electron chi connectivity index (χ4n) is 1.42. The minimum absolute atomic E-state index is 0.0525. The number of benzene rings is 1. The molecule has 0 saturated heterocycles. The van der Waals surface area contributed by atoms with Gasteiger partial charge in [0.1, 0.15) is 0 Å². The van der Waals surface area contributed by atoms with Crippen LogP contribution in [0.3, 0.4) is 0 Å². The second-order valence-corrected chi connectivity index (χ2v) is 3.99. The SMILES string of the molecule is COCCCNCc1ccc(Cl)cc1[N+](=O)[O-]. The van der Waals surface area contributed by atoms with Crippen LogP contribution in [0.2, 0.25) is 5.02 Å². The van der Waals surface area contributed by atoms with Crippen LogP contribution < -0.4 is 5.32 Å². The van der Waals surface area contributed by atoms with Crippen LogP contribution in [0, 0.1) is 10.1 Å². The second-order valence-electron chi connectivity index (χ2n) is 3.55. The van der Waals surface area contributed by atoms with Gasteiger partial charge in [0, 0.05) is 36.9 Å². The summed E-state index contributed by atoms with van der Waals surface area (Å²) < 4.78 is 4.91. The summed E-state index contributed by atoms with van der Waals surface area (Å²) in [5.41, 5.74) is 0.688. The second kappa shape index (κ2) is 7.21. The molecule has 0 saturated carbocycles. The lowest BCUT2D eigenvalue weighted by molar-refractivity contribution is -0.385. The fourth-order valence-corrected chi connectivity index (χ4v) is 1.59. The van der Waals surface area contributed by atoms with Gasteiger partial charge in [0.25, 0.3) is 5.69 Å². The average Bonchev–Trinajstić information content (AvgIpc) is 2.30. The highest BCUT2D eigenvalue weighted by Crippen LogP contribution is 2.22. The van der Waals surface area contributed by atoms with E-state index in [1.807, 2.05) is 0 Å². The fraction of sp³-hybridized carbons (Fsp3) is 0.455. The van der Waals surface area contributed by atoms with Crippen molar-refractivity contribution >= 4 is 17.3 Å². The van der Waals surface area contributed by atoms with E-state index in [9.17, 15) is 10.1 Å². The molecule has 0 aliphatic rings. The molecule has 6 heteroatoms. The van der Waals surface area contributed by atoms with E-state index in [0.29, 0.717) is 23.7 Å². The van der Waals surface area contributed by atoms with Gasteiger partial charge in [-0.05, 0) is 25.1 Å². The molecule has 0 aliphatic carbocycles. The summed E-state index contributed by atoms with van der Waals surface area (Å²) in [5.74, 6) is 0. The molecule has 0 spiro atoms. The molecule has 1 N–H and O–H groups in total. The largest absolute Gasteiger partial charge is 0.385 e. The monoisotopic (exact) mass is 258 g/mol. The van der Waals surface area contributed by atoms with Gasteiger partial charge in [-0.25, -0.2) is 0 Å². The highest BCUT2D eigenvalue weighted by Gasteiger charge is 2.13. The topological polar surface area (TPSA) is 64.4 Å². The average molecular weight is 259 g/mol. The zero-order valence-electron chi connectivity index (χ0n) is 9.61. The van der Waals surface area contributed by atoms with Crippen molar-refractivity contribution in [2.75, 3.05) is 20.3 Å². The Morgan fingerprint density at radius 1 is 1.53 bits per heavy atom. The molecule has 1 aromatic rings.